The van der Waals surface area contributed by atoms with E-state index in [4.69, 9.17) is 0 Å². The van der Waals surface area contributed by atoms with Gasteiger partial charge in [-0.05, 0) is 26.3 Å². The minimum absolute atomic E-state index is 0.214. The maximum Gasteiger partial charge on any atom is 0.222 e. The van der Waals surface area contributed by atoms with Crippen LogP contribution in [-0.2, 0) is 4.79 Å². The lowest BCUT2D eigenvalue weighted by Crippen LogP contribution is -2.37. The van der Waals surface area contributed by atoms with E-state index in [-0.39, 0.29) is 11.9 Å². The standard InChI is InChI=1S/C16H23NO/c1-5-16(18)17(13(2)3)12-14(4)11-15-9-7-6-8-10-15/h6-11,13H,5,12H2,1-4H3/b14-11+. The highest BCUT2D eigenvalue weighted by atomic mass is 16.2. The van der Waals surface area contributed by atoms with Gasteiger partial charge in [0.15, 0.2) is 0 Å². The Morgan fingerprint density at radius 3 is 2.39 bits per heavy atom. The fourth-order valence-electron chi connectivity index (χ4n) is 1.91. The molecular formula is C16H23NO. The van der Waals surface area contributed by atoms with Crippen LogP contribution in [0.3, 0.4) is 0 Å². The highest BCUT2D eigenvalue weighted by Gasteiger charge is 2.14. The van der Waals surface area contributed by atoms with Gasteiger partial charge in [0.2, 0.25) is 5.91 Å². The van der Waals surface area contributed by atoms with Gasteiger partial charge in [-0.25, -0.2) is 0 Å². The molecule has 0 heterocycles. The van der Waals surface area contributed by atoms with Gasteiger partial charge in [0, 0.05) is 19.0 Å². The molecule has 2 nitrogen and oxygen atoms in total. The second-order valence-electron chi connectivity index (χ2n) is 4.87. The van der Waals surface area contributed by atoms with Gasteiger partial charge in [0.05, 0.1) is 0 Å². The van der Waals surface area contributed by atoms with E-state index < -0.39 is 0 Å². The molecule has 2 heteroatoms. The van der Waals surface area contributed by atoms with Gasteiger partial charge in [-0.1, -0.05) is 48.9 Å². The van der Waals surface area contributed by atoms with Crippen LogP contribution >= 0.6 is 0 Å². The van der Waals surface area contributed by atoms with Crippen LogP contribution in [0.1, 0.15) is 39.7 Å². The normalized spacial score (nSPS) is 11.7. The fraction of sp³-hybridized carbons (Fsp3) is 0.438. The average molecular weight is 245 g/mol. The largest absolute Gasteiger partial charge is 0.336 e. The van der Waals surface area contributed by atoms with Gasteiger partial charge < -0.3 is 4.90 Å². The van der Waals surface area contributed by atoms with Crippen LogP contribution in [0, 0.1) is 0 Å². The van der Waals surface area contributed by atoms with E-state index in [0.29, 0.717) is 13.0 Å². The molecular weight excluding hydrogens is 222 g/mol. The quantitative estimate of drug-likeness (QED) is 0.774. The predicted octanol–water partition coefficient (Wildman–Crippen LogP) is 3.74. The maximum atomic E-state index is 11.8. The van der Waals surface area contributed by atoms with Crippen molar-refractivity contribution in [1.29, 1.82) is 0 Å². The Labute approximate surface area is 110 Å². The van der Waals surface area contributed by atoms with E-state index in [0.717, 1.165) is 0 Å². The van der Waals surface area contributed by atoms with Crippen LogP contribution in [0.5, 0.6) is 0 Å². The molecule has 0 bridgehead atoms. The average Bonchev–Trinajstić information content (AvgIpc) is 2.36. The molecule has 0 fully saturated rings. The molecule has 0 atom stereocenters. The first kappa shape index (κ1) is 14.5. The minimum Gasteiger partial charge on any atom is -0.336 e. The van der Waals surface area contributed by atoms with Gasteiger partial charge in [-0.2, -0.15) is 0 Å². The first-order valence-corrected chi connectivity index (χ1v) is 6.56. The number of carbonyl (C=O) groups excluding carboxylic acids is 1. The zero-order valence-electron chi connectivity index (χ0n) is 11.8. The van der Waals surface area contributed by atoms with Crippen molar-refractivity contribution in [2.75, 3.05) is 6.54 Å². The molecule has 0 aliphatic carbocycles. The van der Waals surface area contributed by atoms with Crippen molar-refractivity contribution >= 4 is 12.0 Å². The minimum atomic E-state index is 0.214. The third kappa shape index (κ3) is 4.36. The van der Waals surface area contributed by atoms with Gasteiger partial charge in [-0.15, -0.1) is 0 Å². The van der Waals surface area contributed by atoms with Gasteiger partial charge in [-0.3, -0.25) is 4.79 Å². The highest BCUT2D eigenvalue weighted by molar-refractivity contribution is 5.76. The van der Waals surface area contributed by atoms with Crippen LogP contribution in [0.15, 0.2) is 35.9 Å². The summed E-state index contributed by atoms with van der Waals surface area (Å²) in [5, 5.41) is 0. The van der Waals surface area contributed by atoms with Gasteiger partial charge in [0.1, 0.15) is 0 Å². The van der Waals surface area contributed by atoms with Crippen molar-refractivity contribution in [3.05, 3.63) is 41.5 Å². The summed E-state index contributed by atoms with van der Waals surface area (Å²) in [5.41, 5.74) is 2.39. The molecule has 1 aromatic carbocycles. The van der Waals surface area contributed by atoms with Crippen molar-refractivity contribution in [3.8, 4) is 0 Å². The lowest BCUT2D eigenvalue weighted by atomic mass is 10.1. The zero-order chi connectivity index (χ0) is 13.5. The van der Waals surface area contributed by atoms with Crippen LogP contribution in [0.2, 0.25) is 0 Å². The highest BCUT2D eigenvalue weighted by Crippen LogP contribution is 2.10. The van der Waals surface area contributed by atoms with Crippen LogP contribution in [0.25, 0.3) is 6.08 Å². The number of nitrogens with zero attached hydrogens (tertiary/aromatic N) is 1. The summed E-state index contributed by atoms with van der Waals surface area (Å²) in [4.78, 5) is 13.8. The first-order valence-electron chi connectivity index (χ1n) is 6.56. The Morgan fingerprint density at radius 1 is 1.28 bits per heavy atom. The van der Waals surface area contributed by atoms with Crippen LogP contribution in [-0.4, -0.2) is 23.4 Å². The Balaban J connectivity index is 2.75. The summed E-state index contributed by atoms with van der Waals surface area (Å²) in [6.07, 6.45) is 2.70. The molecule has 1 aromatic rings. The van der Waals surface area contributed by atoms with Crippen LogP contribution in [0.4, 0.5) is 0 Å². The van der Waals surface area contributed by atoms with Crippen LogP contribution < -0.4 is 0 Å². The molecule has 0 aromatic heterocycles. The molecule has 0 aliphatic heterocycles. The number of hydrogen-bond acceptors (Lipinski definition) is 1. The lowest BCUT2D eigenvalue weighted by Gasteiger charge is -2.26. The number of benzene rings is 1. The van der Waals surface area contributed by atoms with E-state index in [1.165, 1.54) is 11.1 Å². The zero-order valence-corrected chi connectivity index (χ0v) is 11.8. The van der Waals surface area contributed by atoms with Gasteiger partial charge in [0.25, 0.3) is 0 Å². The first-order chi connectivity index (χ1) is 8.54. The summed E-state index contributed by atoms with van der Waals surface area (Å²) in [6.45, 7) is 8.81. The van der Waals surface area contributed by atoms with Crippen molar-refractivity contribution in [1.82, 2.24) is 4.90 Å². The van der Waals surface area contributed by atoms with E-state index in [1.807, 2.05) is 30.0 Å². The lowest BCUT2D eigenvalue weighted by molar-refractivity contribution is -0.132. The second-order valence-corrected chi connectivity index (χ2v) is 4.87. The Morgan fingerprint density at radius 2 is 1.89 bits per heavy atom. The molecule has 98 valence electrons. The molecule has 0 unspecified atom stereocenters. The molecule has 0 spiro atoms. The molecule has 0 saturated carbocycles. The summed E-state index contributed by atoms with van der Waals surface area (Å²) >= 11 is 0. The summed E-state index contributed by atoms with van der Waals surface area (Å²) in [6, 6.07) is 10.5. The Bertz CT molecular complexity index is 406. The summed E-state index contributed by atoms with van der Waals surface area (Å²) in [7, 11) is 0. The van der Waals surface area contributed by atoms with E-state index >= 15 is 0 Å². The van der Waals surface area contributed by atoms with Crippen molar-refractivity contribution < 1.29 is 4.79 Å². The molecule has 1 amide bonds. The number of amides is 1. The summed E-state index contributed by atoms with van der Waals surface area (Å²) in [5.74, 6) is 0.214. The number of rotatable bonds is 5. The maximum absolute atomic E-state index is 11.8. The molecule has 1 rings (SSSR count). The summed E-state index contributed by atoms with van der Waals surface area (Å²) < 4.78 is 0. The molecule has 18 heavy (non-hydrogen) atoms. The van der Waals surface area contributed by atoms with E-state index in [1.54, 1.807) is 0 Å². The third-order valence-electron chi connectivity index (χ3n) is 2.88. The Hall–Kier alpha value is -1.57. The fourth-order valence-corrected chi connectivity index (χ4v) is 1.91. The number of hydrogen-bond donors (Lipinski definition) is 0. The predicted molar refractivity (Wildman–Crippen MR) is 77.2 cm³/mol. The molecule has 0 saturated heterocycles. The van der Waals surface area contributed by atoms with Crippen molar-refractivity contribution in [2.24, 2.45) is 0 Å². The van der Waals surface area contributed by atoms with E-state index in [9.17, 15) is 4.79 Å². The van der Waals surface area contributed by atoms with E-state index in [2.05, 4.69) is 39.0 Å². The topological polar surface area (TPSA) is 20.3 Å². The molecule has 0 radical (unpaired) electrons. The molecule has 0 N–H and O–H groups in total. The van der Waals surface area contributed by atoms with Crippen molar-refractivity contribution in [2.45, 2.75) is 40.2 Å². The molecule has 0 aliphatic rings. The SMILES string of the molecule is CCC(=O)N(C/C(C)=C/c1ccccc1)C(C)C. The Kier molecular flexibility index (Phi) is 5.63. The number of carbonyl (C=O) groups is 1. The smallest absolute Gasteiger partial charge is 0.222 e. The van der Waals surface area contributed by atoms with Gasteiger partial charge >= 0.3 is 0 Å². The monoisotopic (exact) mass is 245 g/mol. The van der Waals surface area contributed by atoms with Crippen molar-refractivity contribution in [3.63, 3.8) is 0 Å². The third-order valence-corrected chi connectivity index (χ3v) is 2.88. The second kappa shape index (κ2) is 7.00.